The first-order valence-corrected chi connectivity index (χ1v) is 11.6. The highest BCUT2D eigenvalue weighted by molar-refractivity contribution is 7.93. The Kier molecular flexibility index (Phi) is 5.96. The van der Waals surface area contributed by atoms with Crippen molar-refractivity contribution < 1.29 is 22.9 Å². The predicted octanol–water partition coefficient (Wildman–Crippen LogP) is 4.15. The average Bonchev–Trinajstić information content (AvgIpc) is 2.80. The summed E-state index contributed by atoms with van der Waals surface area (Å²) in [7, 11) is -4.39. The van der Waals surface area contributed by atoms with Gasteiger partial charge in [-0.2, -0.15) is 0 Å². The van der Waals surface area contributed by atoms with Gasteiger partial charge in [0, 0.05) is 16.8 Å². The molecule has 1 amide bonds. The maximum Gasteiger partial charge on any atom is 0.289 e. The Morgan fingerprint density at radius 1 is 1.15 bits per heavy atom. The Morgan fingerprint density at radius 3 is 2.58 bits per heavy atom. The first-order chi connectivity index (χ1) is 15.7. The van der Waals surface area contributed by atoms with Gasteiger partial charge in [-0.3, -0.25) is 19.2 Å². The van der Waals surface area contributed by atoms with Crippen molar-refractivity contribution in [3.8, 4) is 5.75 Å². The van der Waals surface area contributed by atoms with E-state index in [0.717, 1.165) is 22.0 Å². The summed E-state index contributed by atoms with van der Waals surface area (Å²) in [4.78, 5) is 23.2. The van der Waals surface area contributed by atoms with E-state index in [-0.39, 0.29) is 18.0 Å². The highest BCUT2D eigenvalue weighted by Gasteiger charge is 2.40. The number of fused-ring (bicyclic) bond motifs is 1. The van der Waals surface area contributed by atoms with Crippen molar-refractivity contribution >= 4 is 44.6 Å². The molecule has 1 heterocycles. The Labute approximate surface area is 194 Å². The number of carbonyl (C=O) groups excluding carboxylic acids is 1. The molecule has 0 aromatic heterocycles. The van der Waals surface area contributed by atoms with Gasteiger partial charge in [0.25, 0.3) is 21.6 Å². The van der Waals surface area contributed by atoms with Crippen LogP contribution in [-0.2, 0) is 14.8 Å². The zero-order valence-corrected chi connectivity index (χ0v) is 18.8. The van der Waals surface area contributed by atoms with E-state index in [1.54, 1.807) is 30.3 Å². The standard InChI is InChI=1S/C22H18ClN3O6S/c1-14-10-11-15(12-16(14)23)24-22(27)20-13-25(17-6-2-4-8-19(17)32-20)33(30,31)21-9-5-3-7-18(21)26(28)29/h2-12,20H,13H2,1H3,(H,24,27). The van der Waals surface area contributed by atoms with Crippen molar-refractivity contribution in [1.82, 2.24) is 0 Å². The second-order valence-electron chi connectivity index (χ2n) is 7.29. The van der Waals surface area contributed by atoms with Gasteiger partial charge in [0.2, 0.25) is 0 Å². The van der Waals surface area contributed by atoms with Crippen LogP contribution in [-0.4, -0.2) is 31.9 Å². The van der Waals surface area contributed by atoms with Crippen LogP contribution in [0.5, 0.6) is 5.75 Å². The summed E-state index contributed by atoms with van der Waals surface area (Å²) in [5.74, 6) is -0.430. The molecule has 0 saturated carbocycles. The van der Waals surface area contributed by atoms with Crippen LogP contribution >= 0.6 is 11.6 Å². The molecule has 3 aromatic carbocycles. The molecule has 1 aliphatic heterocycles. The Hall–Kier alpha value is -3.63. The zero-order valence-electron chi connectivity index (χ0n) is 17.3. The van der Waals surface area contributed by atoms with Crippen LogP contribution in [0.2, 0.25) is 5.02 Å². The number of hydrogen-bond acceptors (Lipinski definition) is 6. The van der Waals surface area contributed by atoms with Crippen molar-refractivity contribution in [3.05, 3.63) is 87.4 Å². The van der Waals surface area contributed by atoms with Gasteiger partial charge in [-0.15, -0.1) is 0 Å². The summed E-state index contributed by atoms with van der Waals surface area (Å²) in [5, 5.41) is 14.6. The number of hydrogen-bond donors (Lipinski definition) is 1. The SMILES string of the molecule is Cc1ccc(NC(=O)C2CN(S(=O)(=O)c3ccccc3[N+](=O)[O-])c3ccccc3O2)cc1Cl. The molecule has 0 bridgehead atoms. The van der Waals surface area contributed by atoms with Gasteiger partial charge in [-0.05, 0) is 42.8 Å². The van der Waals surface area contributed by atoms with Crippen LogP contribution in [0.3, 0.4) is 0 Å². The second kappa shape index (κ2) is 8.72. The van der Waals surface area contributed by atoms with E-state index >= 15 is 0 Å². The van der Waals surface area contributed by atoms with Crippen LogP contribution in [0, 0.1) is 17.0 Å². The Balaban J connectivity index is 1.71. The third-order valence-electron chi connectivity index (χ3n) is 5.10. The molecule has 11 heteroatoms. The van der Waals surface area contributed by atoms with Gasteiger partial charge < -0.3 is 10.1 Å². The van der Waals surface area contributed by atoms with E-state index in [4.69, 9.17) is 16.3 Å². The molecule has 0 radical (unpaired) electrons. The van der Waals surface area contributed by atoms with Crippen LogP contribution in [0.15, 0.2) is 71.6 Å². The van der Waals surface area contributed by atoms with E-state index in [9.17, 15) is 23.3 Å². The van der Waals surface area contributed by atoms with Crippen molar-refractivity contribution in [2.24, 2.45) is 0 Å². The molecule has 1 aliphatic rings. The summed E-state index contributed by atoms with van der Waals surface area (Å²) in [6.07, 6.45) is -1.21. The number of nitrogens with zero attached hydrogens (tertiary/aromatic N) is 2. The smallest absolute Gasteiger partial charge is 0.289 e. The lowest BCUT2D eigenvalue weighted by Crippen LogP contribution is -2.48. The minimum atomic E-state index is -4.39. The maximum atomic E-state index is 13.5. The molecule has 1 atom stereocenters. The molecular formula is C22H18ClN3O6S. The third-order valence-corrected chi connectivity index (χ3v) is 7.33. The number of benzene rings is 3. The number of amides is 1. The van der Waals surface area contributed by atoms with E-state index in [1.165, 1.54) is 24.3 Å². The third kappa shape index (κ3) is 4.35. The highest BCUT2D eigenvalue weighted by atomic mass is 35.5. The number of nitrogens with one attached hydrogen (secondary N) is 1. The summed E-state index contributed by atoms with van der Waals surface area (Å²) < 4.78 is 33.7. The summed E-state index contributed by atoms with van der Waals surface area (Å²) in [6, 6.07) is 16.3. The Morgan fingerprint density at radius 2 is 1.85 bits per heavy atom. The molecule has 170 valence electrons. The fourth-order valence-corrected chi connectivity index (χ4v) is 5.22. The van der Waals surface area contributed by atoms with Crippen LogP contribution in [0.4, 0.5) is 17.1 Å². The van der Waals surface area contributed by atoms with Crippen molar-refractivity contribution in [2.75, 3.05) is 16.2 Å². The monoisotopic (exact) mass is 487 g/mol. The van der Waals surface area contributed by atoms with E-state index in [1.807, 2.05) is 6.92 Å². The molecule has 0 aliphatic carbocycles. The van der Waals surface area contributed by atoms with Gasteiger partial charge in [0.1, 0.15) is 5.75 Å². The van der Waals surface area contributed by atoms with Crippen LogP contribution in [0.1, 0.15) is 5.56 Å². The van der Waals surface area contributed by atoms with Gasteiger partial charge >= 0.3 is 0 Å². The number of aryl methyl sites for hydroxylation is 1. The zero-order chi connectivity index (χ0) is 23.8. The highest BCUT2D eigenvalue weighted by Crippen LogP contribution is 2.38. The predicted molar refractivity (Wildman–Crippen MR) is 123 cm³/mol. The number of carbonyl (C=O) groups is 1. The average molecular weight is 488 g/mol. The molecule has 9 nitrogen and oxygen atoms in total. The molecule has 1 N–H and O–H groups in total. The number of para-hydroxylation sites is 3. The molecule has 0 fully saturated rings. The minimum Gasteiger partial charge on any atom is -0.476 e. The van der Waals surface area contributed by atoms with Crippen LogP contribution in [0.25, 0.3) is 0 Å². The topological polar surface area (TPSA) is 119 Å². The Bertz CT molecular complexity index is 1360. The number of nitro benzene ring substituents is 1. The number of sulfonamides is 1. The van der Waals surface area contributed by atoms with Gasteiger partial charge in [0.15, 0.2) is 11.0 Å². The lowest BCUT2D eigenvalue weighted by molar-refractivity contribution is -0.387. The van der Waals surface area contributed by atoms with E-state index in [0.29, 0.717) is 10.7 Å². The molecule has 3 aromatic rings. The van der Waals surface area contributed by atoms with Crippen molar-refractivity contribution in [3.63, 3.8) is 0 Å². The molecule has 4 rings (SSSR count). The first-order valence-electron chi connectivity index (χ1n) is 9.77. The lowest BCUT2D eigenvalue weighted by Gasteiger charge is -2.34. The summed E-state index contributed by atoms with van der Waals surface area (Å²) in [6.45, 7) is 1.44. The number of anilines is 2. The molecular weight excluding hydrogens is 470 g/mol. The quantitative estimate of drug-likeness (QED) is 0.426. The lowest BCUT2D eigenvalue weighted by atomic mass is 10.2. The second-order valence-corrected chi connectivity index (χ2v) is 9.53. The molecule has 0 saturated heterocycles. The summed E-state index contributed by atoms with van der Waals surface area (Å²) in [5.41, 5.74) is 0.875. The number of rotatable bonds is 5. The van der Waals surface area contributed by atoms with Crippen molar-refractivity contribution in [2.45, 2.75) is 17.9 Å². The number of halogens is 1. The molecule has 33 heavy (non-hydrogen) atoms. The van der Waals surface area contributed by atoms with Gasteiger partial charge in [-0.1, -0.05) is 41.9 Å². The van der Waals surface area contributed by atoms with Gasteiger partial charge in [-0.25, -0.2) is 8.42 Å². The summed E-state index contributed by atoms with van der Waals surface area (Å²) >= 11 is 6.12. The van der Waals surface area contributed by atoms with Crippen molar-refractivity contribution in [1.29, 1.82) is 0 Å². The van der Waals surface area contributed by atoms with E-state index in [2.05, 4.69) is 5.32 Å². The van der Waals surface area contributed by atoms with Gasteiger partial charge in [0.05, 0.1) is 17.2 Å². The molecule has 1 unspecified atom stereocenters. The fourth-order valence-electron chi connectivity index (χ4n) is 3.40. The number of nitro groups is 1. The fraction of sp³-hybridized carbons (Fsp3) is 0.136. The van der Waals surface area contributed by atoms with Crippen LogP contribution < -0.4 is 14.4 Å². The van der Waals surface area contributed by atoms with E-state index < -0.39 is 37.5 Å². The minimum absolute atomic E-state index is 0.160. The normalized spacial score (nSPS) is 15.3. The molecule has 0 spiro atoms. The largest absolute Gasteiger partial charge is 0.476 e. The first kappa shape index (κ1) is 22.6. The number of ether oxygens (including phenoxy) is 1. The maximum absolute atomic E-state index is 13.5.